The summed E-state index contributed by atoms with van der Waals surface area (Å²) in [5.74, 6) is -0.169. The van der Waals surface area contributed by atoms with Crippen molar-refractivity contribution in [3.8, 4) is 0 Å². The molecule has 1 heterocycles. The molecule has 1 saturated heterocycles. The fraction of sp³-hybridized carbons (Fsp3) is 0.550. The van der Waals surface area contributed by atoms with Crippen LogP contribution in [0.5, 0.6) is 0 Å². The average molecular weight is 359 g/mol. The van der Waals surface area contributed by atoms with E-state index in [1.54, 1.807) is 29.2 Å². The summed E-state index contributed by atoms with van der Waals surface area (Å²) < 4.78 is 0. The maximum atomic E-state index is 12.6. The summed E-state index contributed by atoms with van der Waals surface area (Å²) in [5.41, 5.74) is 1.32. The number of likely N-dealkylation sites (tertiary alicyclic amines) is 1. The minimum absolute atomic E-state index is 0.0339. The molecule has 1 atom stereocenters. The molecule has 1 aromatic carbocycles. The third-order valence-electron chi connectivity index (χ3n) is 4.50. The number of nitrogens with one attached hydrogen (secondary N) is 2. The van der Waals surface area contributed by atoms with Gasteiger partial charge >= 0.3 is 0 Å². The summed E-state index contributed by atoms with van der Waals surface area (Å²) in [6, 6.07) is 7.16. The fourth-order valence-corrected chi connectivity index (χ4v) is 3.16. The molecule has 2 rings (SSSR count). The van der Waals surface area contributed by atoms with Crippen molar-refractivity contribution in [1.82, 2.24) is 4.90 Å². The van der Waals surface area contributed by atoms with E-state index in [0.717, 1.165) is 32.2 Å². The highest BCUT2D eigenvalue weighted by molar-refractivity contribution is 5.95. The van der Waals surface area contributed by atoms with Gasteiger partial charge in [-0.15, -0.1) is 0 Å². The van der Waals surface area contributed by atoms with E-state index in [1.807, 2.05) is 13.8 Å². The van der Waals surface area contributed by atoms with Crippen LogP contribution in [0.3, 0.4) is 0 Å². The average Bonchev–Trinajstić information content (AvgIpc) is 2.62. The van der Waals surface area contributed by atoms with Gasteiger partial charge in [0, 0.05) is 37.3 Å². The van der Waals surface area contributed by atoms with Crippen LogP contribution in [-0.2, 0) is 14.4 Å². The normalized spacial score (nSPS) is 16.8. The van der Waals surface area contributed by atoms with Crippen molar-refractivity contribution < 1.29 is 14.4 Å². The van der Waals surface area contributed by atoms with Crippen LogP contribution in [0.25, 0.3) is 0 Å². The van der Waals surface area contributed by atoms with Crippen LogP contribution in [-0.4, -0.2) is 35.7 Å². The van der Waals surface area contributed by atoms with E-state index >= 15 is 0 Å². The lowest BCUT2D eigenvalue weighted by atomic mass is 9.96. The lowest BCUT2D eigenvalue weighted by Gasteiger charge is -2.32. The van der Waals surface area contributed by atoms with Gasteiger partial charge in [-0.25, -0.2) is 0 Å². The second kappa shape index (κ2) is 9.94. The van der Waals surface area contributed by atoms with Gasteiger partial charge in [0.15, 0.2) is 0 Å². The number of anilines is 2. The summed E-state index contributed by atoms with van der Waals surface area (Å²) in [6.45, 7) is 5.16. The Bertz CT molecular complexity index is 645. The Kier molecular flexibility index (Phi) is 7.63. The van der Waals surface area contributed by atoms with E-state index in [0.29, 0.717) is 30.8 Å². The van der Waals surface area contributed by atoms with Crippen LogP contribution in [0.15, 0.2) is 24.3 Å². The van der Waals surface area contributed by atoms with Crippen molar-refractivity contribution >= 4 is 29.1 Å². The summed E-state index contributed by atoms with van der Waals surface area (Å²) in [7, 11) is 0. The van der Waals surface area contributed by atoms with Crippen LogP contribution < -0.4 is 10.6 Å². The molecule has 1 aliphatic heterocycles. The number of carbonyl (C=O) groups is 3. The van der Waals surface area contributed by atoms with Gasteiger partial charge in [0.1, 0.15) is 0 Å². The number of amides is 3. The third-order valence-corrected chi connectivity index (χ3v) is 4.50. The number of nitrogens with zero attached hydrogens (tertiary/aromatic N) is 1. The first-order chi connectivity index (χ1) is 12.5. The number of benzene rings is 1. The van der Waals surface area contributed by atoms with E-state index in [4.69, 9.17) is 0 Å². The highest BCUT2D eigenvalue weighted by Gasteiger charge is 2.28. The molecule has 0 bridgehead atoms. The highest BCUT2D eigenvalue weighted by Crippen LogP contribution is 2.21. The molecule has 6 heteroatoms. The van der Waals surface area contributed by atoms with Crippen LogP contribution in [0, 0.1) is 5.92 Å². The monoisotopic (exact) mass is 359 g/mol. The van der Waals surface area contributed by atoms with Gasteiger partial charge in [0.2, 0.25) is 17.7 Å². The summed E-state index contributed by atoms with van der Waals surface area (Å²) in [4.78, 5) is 38.2. The zero-order chi connectivity index (χ0) is 18.9. The Morgan fingerprint density at radius 3 is 2.46 bits per heavy atom. The van der Waals surface area contributed by atoms with Crippen LogP contribution in [0.2, 0.25) is 0 Å². The van der Waals surface area contributed by atoms with E-state index < -0.39 is 0 Å². The Hall–Kier alpha value is -2.37. The van der Waals surface area contributed by atoms with Gasteiger partial charge < -0.3 is 15.5 Å². The number of hydrogen-bond donors (Lipinski definition) is 2. The molecule has 1 aromatic rings. The van der Waals surface area contributed by atoms with Crippen molar-refractivity contribution in [3.63, 3.8) is 0 Å². The van der Waals surface area contributed by atoms with E-state index in [9.17, 15) is 14.4 Å². The minimum atomic E-state index is -0.192. The Labute approximate surface area is 155 Å². The first-order valence-electron chi connectivity index (χ1n) is 9.52. The second-order valence-corrected chi connectivity index (χ2v) is 6.80. The molecule has 1 fully saturated rings. The van der Waals surface area contributed by atoms with Crippen molar-refractivity contribution in [3.05, 3.63) is 24.3 Å². The van der Waals surface area contributed by atoms with Gasteiger partial charge in [-0.2, -0.15) is 0 Å². The Balaban J connectivity index is 1.94. The predicted octanol–water partition coefficient (Wildman–Crippen LogP) is 3.40. The quantitative estimate of drug-likeness (QED) is 0.783. The summed E-state index contributed by atoms with van der Waals surface area (Å²) >= 11 is 0. The van der Waals surface area contributed by atoms with Gasteiger partial charge in [0.25, 0.3) is 0 Å². The first-order valence-corrected chi connectivity index (χ1v) is 9.52. The molecule has 6 nitrogen and oxygen atoms in total. The molecular formula is C20H29N3O3. The molecule has 26 heavy (non-hydrogen) atoms. The van der Waals surface area contributed by atoms with Gasteiger partial charge in [-0.1, -0.05) is 19.9 Å². The maximum absolute atomic E-state index is 12.6. The number of rotatable bonds is 7. The van der Waals surface area contributed by atoms with E-state index in [2.05, 4.69) is 10.6 Å². The third kappa shape index (κ3) is 5.86. The maximum Gasteiger partial charge on any atom is 0.229 e. The lowest BCUT2D eigenvalue weighted by Crippen LogP contribution is -2.43. The molecule has 0 aromatic heterocycles. The largest absolute Gasteiger partial charge is 0.342 e. The number of hydrogen-bond acceptors (Lipinski definition) is 3. The Morgan fingerprint density at radius 2 is 1.77 bits per heavy atom. The summed E-state index contributed by atoms with van der Waals surface area (Å²) in [5, 5.41) is 5.75. The van der Waals surface area contributed by atoms with Crippen LogP contribution in [0.1, 0.15) is 52.4 Å². The van der Waals surface area contributed by atoms with Crippen molar-refractivity contribution in [2.75, 3.05) is 23.7 Å². The molecule has 3 amide bonds. The van der Waals surface area contributed by atoms with E-state index in [1.165, 1.54) is 0 Å². The smallest absolute Gasteiger partial charge is 0.229 e. The molecule has 142 valence electrons. The zero-order valence-corrected chi connectivity index (χ0v) is 15.7. The van der Waals surface area contributed by atoms with Crippen LogP contribution >= 0.6 is 0 Å². The molecule has 0 saturated carbocycles. The number of piperidine rings is 1. The highest BCUT2D eigenvalue weighted by atomic mass is 16.2. The van der Waals surface area contributed by atoms with Gasteiger partial charge in [0.05, 0.1) is 5.92 Å². The molecule has 0 aliphatic carbocycles. The van der Waals surface area contributed by atoms with Gasteiger partial charge in [-0.05, 0) is 43.9 Å². The topological polar surface area (TPSA) is 78.5 Å². The first kappa shape index (κ1) is 19.9. The van der Waals surface area contributed by atoms with Crippen molar-refractivity contribution in [1.29, 1.82) is 0 Å². The van der Waals surface area contributed by atoms with Crippen LogP contribution in [0.4, 0.5) is 11.4 Å². The molecule has 1 unspecified atom stereocenters. The standard InChI is InChI=1S/C20H29N3O3/c1-3-7-18(24)21-16-10-5-11-17(13-16)22-20(26)15-9-6-12-23(14-15)19(25)8-4-2/h5,10-11,13,15H,3-4,6-9,12,14H2,1-2H3,(H,21,24)(H,22,26). The SMILES string of the molecule is CCCC(=O)Nc1cccc(NC(=O)C2CCCN(C(=O)CCC)C2)c1. The Morgan fingerprint density at radius 1 is 1.08 bits per heavy atom. The molecule has 0 radical (unpaired) electrons. The molecule has 2 N–H and O–H groups in total. The minimum Gasteiger partial charge on any atom is -0.342 e. The lowest BCUT2D eigenvalue weighted by molar-refractivity contribution is -0.134. The van der Waals surface area contributed by atoms with E-state index in [-0.39, 0.29) is 23.6 Å². The predicted molar refractivity (Wildman–Crippen MR) is 103 cm³/mol. The summed E-state index contributed by atoms with van der Waals surface area (Å²) in [6.07, 6.45) is 4.25. The van der Waals surface area contributed by atoms with Crippen molar-refractivity contribution in [2.24, 2.45) is 5.92 Å². The molecule has 0 spiro atoms. The second-order valence-electron chi connectivity index (χ2n) is 6.80. The molecular weight excluding hydrogens is 330 g/mol. The molecule has 1 aliphatic rings. The van der Waals surface area contributed by atoms with Gasteiger partial charge in [-0.3, -0.25) is 14.4 Å². The number of carbonyl (C=O) groups excluding carboxylic acids is 3. The zero-order valence-electron chi connectivity index (χ0n) is 15.7. The van der Waals surface area contributed by atoms with Crippen molar-refractivity contribution in [2.45, 2.75) is 52.4 Å². The fourth-order valence-electron chi connectivity index (χ4n) is 3.16.